The van der Waals surface area contributed by atoms with Gasteiger partial charge in [0.05, 0.1) is 12.2 Å². The third-order valence-corrected chi connectivity index (χ3v) is 4.60. The predicted octanol–water partition coefficient (Wildman–Crippen LogP) is 2.36. The number of aryl methyl sites for hydroxylation is 2. The van der Waals surface area contributed by atoms with E-state index in [1.807, 2.05) is 37.8 Å². The molecule has 0 unspecified atom stereocenters. The molecule has 0 spiro atoms. The molecule has 1 N–H and O–H groups in total. The second-order valence-electron chi connectivity index (χ2n) is 6.49. The van der Waals surface area contributed by atoms with Crippen molar-refractivity contribution in [3.63, 3.8) is 0 Å². The molecule has 0 saturated carbocycles. The van der Waals surface area contributed by atoms with Crippen LogP contribution in [0.4, 0.5) is 0 Å². The second kappa shape index (κ2) is 7.68. The lowest BCUT2D eigenvalue weighted by Gasteiger charge is -2.22. The van der Waals surface area contributed by atoms with E-state index < -0.39 is 0 Å². The topological polar surface area (TPSA) is 63.9 Å². The normalized spacial score (nSPS) is 13.2. The Kier molecular flexibility index (Phi) is 5.35. The quantitative estimate of drug-likeness (QED) is 0.657. The minimum atomic E-state index is 0.294. The van der Waals surface area contributed by atoms with E-state index in [2.05, 4.69) is 35.2 Å². The summed E-state index contributed by atoms with van der Waals surface area (Å²) in [6, 6.07) is 6.04. The molecule has 0 saturated heterocycles. The minimum Gasteiger partial charge on any atom is -0.454 e. The summed E-state index contributed by atoms with van der Waals surface area (Å²) in [5.41, 5.74) is 4.51. The number of rotatable bonds is 5. The Hall–Kier alpha value is -2.70. The highest BCUT2D eigenvalue weighted by molar-refractivity contribution is 5.79. The third kappa shape index (κ3) is 3.76. The number of hydrogen-bond donors (Lipinski definition) is 1. The third-order valence-electron chi connectivity index (χ3n) is 4.60. The molecule has 1 aliphatic heterocycles. The van der Waals surface area contributed by atoms with Gasteiger partial charge in [-0.25, -0.2) is 4.99 Å². The van der Waals surface area contributed by atoms with Crippen LogP contribution in [-0.4, -0.2) is 41.0 Å². The van der Waals surface area contributed by atoms with Crippen LogP contribution in [0.15, 0.2) is 23.2 Å². The maximum atomic E-state index is 5.47. The molecule has 26 heavy (non-hydrogen) atoms. The van der Waals surface area contributed by atoms with Gasteiger partial charge in [-0.2, -0.15) is 5.10 Å². The van der Waals surface area contributed by atoms with Gasteiger partial charge in [-0.15, -0.1) is 0 Å². The zero-order valence-electron chi connectivity index (χ0n) is 16.2. The highest BCUT2D eigenvalue weighted by Crippen LogP contribution is 2.32. The molecule has 2 heterocycles. The number of hydrogen-bond acceptors (Lipinski definition) is 4. The molecule has 7 heteroatoms. The maximum absolute atomic E-state index is 5.47. The molecule has 3 rings (SSSR count). The van der Waals surface area contributed by atoms with Crippen LogP contribution < -0.4 is 14.8 Å². The number of ether oxygens (including phenoxy) is 2. The summed E-state index contributed by atoms with van der Waals surface area (Å²) in [4.78, 5) is 6.92. The van der Waals surface area contributed by atoms with E-state index in [1.54, 1.807) is 0 Å². The van der Waals surface area contributed by atoms with E-state index in [4.69, 9.17) is 14.5 Å². The summed E-state index contributed by atoms with van der Waals surface area (Å²) in [5, 5.41) is 7.83. The van der Waals surface area contributed by atoms with Crippen molar-refractivity contribution >= 4 is 5.96 Å². The summed E-state index contributed by atoms with van der Waals surface area (Å²) >= 11 is 0. The molecule has 7 nitrogen and oxygen atoms in total. The van der Waals surface area contributed by atoms with Crippen molar-refractivity contribution in [1.82, 2.24) is 20.0 Å². The molecule has 0 amide bonds. The van der Waals surface area contributed by atoms with Crippen molar-refractivity contribution in [3.8, 4) is 11.5 Å². The van der Waals surface area contributed by atoms with Crippen molar-refractivity contribution in [2.24, 2.45) is 12.0 Å². The molecule has 0 atom stereocenters. The standard InChI is InChI=1S/C19H27N5O2/c1-6-20-19(21-10-16-13(2)22-24(5)14(16)3)23(4)11-15-7-8-17-18(9-15)26-12-25-17/h7-9H,6,10-12H2,1-5H3,(H,20,21). The first-order valence-corrected chi connectivity index (χ1v) is 8.86. The molecule has 1 aliphatic rings. The summed E-state index contributed by atoms with van der Waals surface area (Å²) in [7, 11) is 4.00. The molecule has 2 aromatic rings. The number of guanidine groups is 1. The van der Waals surface area contributed by atoms with Gasteiger partial charge in [0, 0.05) is 38.4 Å². The number of aromatic nitrogens is 2. The van der Waals surface area contributed by atoms with Gasteiger partial charge in [0.1, 0.15) is 0 Å². The Balaban J connectivity index is 1.73. The zero-order chi connectivity index (χ0) is 18.7. The van der Waals surface area contributed by atoms with E-state index in [0.717, 1.165) is 47.5 Å². The number of nitrogens with one attached hydrogen (secondary N) is 1. The summed E-state index contributed by atoms with van der Waals surface area (Å²) in [6.45, 7) is 8.63. The first-order valence-electron chi connectivity index (χ1n) is 8.86. The van der Waals surface area contributed by atoms with Crippen molar-refractivity contribution in [3.05, 3.63) is 40.7 Å². The highest BCUT2D eigenvalue weighted by Gasteiger charge is 2.15. The lowest BCUT2D eigenvalue weighted by atomic mass is 10.2. The lowest BCUT2D eigenvalue weighted by molar-refractivity contribution is 0.174. The van der Waals surface area contributed by atoms with Crippen LogP contribution in [0.2, 0.25) is 0 Å². The molecule has 1 aromatic carbocycles. The number of benzene rings is 1. The summed E-state index contributed by atoms with van der Waals surface area (Å²) in [6.07, 6.45) is 0. The smallest absolute Gasteiger partial charge is 0.231 e. The molecular formula is C19H27N5O2. The Morgan fingerprint density at radius 3 is 2.77 bits per heavy atom. The predicted molar refractivity (Wildman–Crippen MR) is 102 cm³/mol. The van der Waals surface area contributed by atoms with Gasteiger partial charge >= 0.3 is 0 Å². The Morgan fingerprint density at radius 1 is 1.31 bits per heavy atom. The monoisotopic (exact) mass is 357 g/mol. The number of aliphatic imine (C=N–C) groups is 1. The van der Waals surface area contributed by atoms with Crippen LogP contribution in [0.25, 0.3) is 0 Å². The van der Waals surface area contributed by atoms with Crippen molar-refractivity contribution < 1.29 is 9.47 Å². The van der Waals surface area contributed by atoms with Crippen molar-refractivity contribution in [1.29, 1.82) is 0 Å². The van der Waals surface area contributed by atoms with Crippen LogP contribution in [-0.2, 0) is 20.1 Å². The Labute approximate surface area is 154 Å². The van der Waals surface area contributed by atoms with Crippen LogP contribution >= 0.6 is 0 Å². The first kappa shape index (κ1) is 18.1. The van der Waals surface area contributed by atoms with E-state index in [0.29, 0.717) is 13.3 Å². The number of nitrogens with zero attached hydrogens (tertiary/aromatic N) is 4. The fourth-order valence-corrected chi connectivity index (χ4v) is 3.06. The fraction of sp³-hybridized carbons (Fsp3) is 0.474. The summed E-state index contributed by atoms with van der Waals surface area (Å²) in [5.74, 6) is 2.48. The second-order valence-corrected chi connectivity index (χ2v) is 6.49. The van der Waals surface area contributed by atoms with Gasteiger partial charge < -0.3 is 19.7 Å². The fourth-order valence-electron chi connectivity index (χ4n) is 3.06. The van der Waals surface area contributed by atoms with E-state index in [1.165, 1.54) is 5.56 Å². The van der Waals surface area contributed by atoms with Gasteiger partial charge in [-0.1, -0.05) is 6.07 Å². The van der Waals surface area contributed by atoms with Gasteiger partial charge in [0.2, 0.25) is 6.79 Å². The average Bonchev–Trinajstić information content (AvgIpc) is 3.16. The minimum absolute atomic E-state index is 0.294. The molecule has 0 radical (unpaired) electrons. The molecule has 0 fully saturated rings. The van der Waals surface area contributed by atoms with E-state index in [9.17, 15) is 0 Å². The van der Waals surface area contributed by atoms with E-state index in [-0.39, 0.29) is 0 Å². The van der Waals surface area contributed by atoms with Crippen LogP contribution in [0.3, 0.4) is 0 Å². The van der Waals surface area contributed by atoms with Gasteiger partial charge in [-0.05, 0) is 38.5 Å². The molecule has 140 valence electrons. The lowest BCUT2D eigenvalue weighted by Crippen LogP contribution is -2.38. The largest absolute Gasteiger partial charge is 0.454 e. The zero-order valence-corrected chi connectivity index (χ0v) is 16.2. The van der Waals surface area contributed by atoms with Gasteiger partial charge in [-0.3, -0.25) is 4.68 Å². The van der Waals surface area contributed by atoms with Gasteiger partial charge in [0.25, 0.3) is 0 Å². The number of fused-ring (bicyclic) bond motifs is 1. The summed E-state index contributed by atoms with van der Waals surface area (Å²) < 4.78 is 12.7. The van der Waals surface area contributed by atoms with E-state index >= 15 is 0 Å². The SMILES string of the molecule is CCNC(=NCc1c(C)nn(C)c1C)N(C)Cc1ccc2c(c1)OCO2. The highest BCUT2D eigenvalue weighted by atomic mass is 16.7. The Morgan fingerprint density at radius 2 is 2.08 bits per heavy atom. The van der Waals surface area contributed by atoms with Crippen LogP contribution in [0.1, 0.15) is 29.4 Å². The maximum Gasteiger partial charge on any atom is 0.231 e. The molecule has 1 aromatic heterocycles. The van der Waals surface area contributed by atoms with Crippen LogP contribution in [0.5, 0.6) is 11.5 Å². The van der Waals surface area contributed by atoms with Gasteiger partial charge in [0.15, 0.2) is 17.5 Å². The Bertz CT molecular complexity index is 813. The van der Waals surface area contributed by atoms with Crippen molar-refractivity contribution in [2.75, 3.05) is 20.4 Å². The van der Waals surface area contributed by atoms with Crippen molar-refractivity contribution in [2.45, 2.75) is 33.9 Å². The van der Waals surface area contributed by atoms with Crippen LogP contribution in [0, 0.1) is 13.8 Å². The molecule has 0 aliphatic carbocycles. The molecule has 0 bridgehead atoms. The molecular weight excluding hydrogens is 330 g/mol. The first-order chi connectivity index (χ1) is 12.5. The average molecular weight is 357 g/mol.